The number of phenolic OH excluding ortho intramolecular Hbond substituents is 1. The summed E-state index contributed by atoms with van der Waals surface area (Å²) in [5.41, 5.74) is 2.62. The number of rotatable bonds is 6. The van der Waals surface area contributed by atoms with Crippen LogP contribution >= 0.6 is 0 Å². The third kappa shape index (κ3) is 3.74. The molecule has 0 aromatic heterocycles. The zero-order valence-electron chi connectivity index (χ0n) is 11.2. The number of hydrogen-bond acceptors (Lipinski definition) is 3. The molecule has 0 heterocycles. The van der Waals surface area contributed by atoms with Crippen molar-refractivity contribution in [3.05, 3.63) is 28.8 Å². The van der Waals surface area contributed by atoms with Crippen molar-refractivity contribution in [2.24, 2.45) is 0 Å². The Labute approximate surface area is 108 Å². The monoisotopic (exact) mass is 251 g/mol. The van der Waals surface area contributed by atoms with Crippen molar-refractivity contribution >= 4 is 5.97 Å². The summed E-state index contributed by atoms with van der Waals surface area (Å²) < 4.78 is 0. The van der Waals surface area contributed by atoms with Gasteiger partial charge in [-0.2, -0.15) is 0 Å². The predicted molar refractivity (Wildman–Crippen MR) is 70.8 cm³/mol. The van der Waals surface area contributed by atoms with E-state index in [4.69, 9.17) is 5.11 Å². The summed E-state index contributed by atoms with van der Waals surface area (Å²) in [5.74, 6) is -0.508. The number of carbonyl (C=O) groups is 1. The first kappa shape index (κ1) is 14.5. The number of aliphatic carboxylic acids is 1. The van der Waals surface area contributed by atoms with Crippen LogP contribution in [0, 0.1) is 13.8 Å². The third-order valence-corrected chi connectivity index (χ3v) is 2.98. The molecule has 0 aliphatic heterocycles. The third-order valence-electron chi connectivity index (χ3n) is 2.98. The molecule has 1 aromatic carbocycles. The van der Waals surface area contributed by atoms with E-state index < -0.39 is 12.0 Å². The average molecular weight is 251 g/mol. The summed E-state index contributed by atoms with van der Waals surface area (Å²) in [7, 11) is 0. The Bertz CT molecular complexity index is 406. The standard InChI is InChI=1S/C14H21NO3/c1-4-5-12(14(17)18)15-8-11-6-9(2)13(16)10(3)7-11/h6-7,12,15-16H,4-5,8H2,1-3H3,(H,17,18). The number of carboxylic acid groups (broad SMARTS) is 1. The number of carboxylic acids is 1. The second kappa shape index (κ2) is 6.40. The summed E-state index contributed by atoms with van der Waals surface area (Å²) in [6.07, 6.45) is 1.45. The van der Waals surface area contributed by atoms with E-state index in [0.29, 0.717) is 18.7 Å². The molecule has 100 valence electrons. The van der Waals surface area contributed by atoms with E-state index in [-0.39, 0.29) is 0 Å². The largest absolute Gasteiger partial charge is 0.507 e. The fraction of sp³-hybridized carbons (Fsp3) is 0.500. The van der Waals surface area contributed by atoms with Crippen molar-refractivity contribution in [3.63, 3.8) is 0 Å². The van der Waals surface area contributed by atoms with Gasteiger partial charge in [0.1, 0.15) is 11.8 Å². The van der Waals surface area contributed by atoms with Gasteiger partial charge in [-0.15, -0.1) is 0 Å². The van der Waals surface area contributed by atoms with Crippen LogP contribution in [0.3, 0.4) is 0 Å². The highest BCUT2D eigenvalue weighted by molar-refractivity contribution is 5.73. The van der Waals surface area contributed by atoms with E-state index in [1.165, 1.54) is 0 Å². The summed E-state index contributed by atoms with van der Waals surface area (Å²) in [5, 5.41) is 21.7. The maximum atomic E-state index is 11.0. The van der Waals surface area contributed by atoms with Crippen LogP contribution in [0.2, 0.25) is 0 Å². The highest BCUT2D eigenvalue weighted by Gasteiger charge is 2.15. The Hall–Kier alpha value is -1.55. The topological polar surface area (TPSA) is 69.6 Å². The molecule has 0 saturated carbocycles. The molecule has 0 amide bonds. The SMILES string of the molecule is CCCC(NCc1cc(C)c(O)c(C)c1)C(=O)O. The van der Waals surface area contributed by atoms with Gasteiger partial charge < -0.3 is 15.5 Å². The van der Waals surface area contributed by atoms with E-state index in [9.17, 15) is 9.90 Å². The highest BCUT2D eigenvalue weighted by Crippen LogP contribution is 2.22. The van der Waals surface area contributed by atoms with Crippen molar-refractivity contribution in [3.8, 4) is 5.75 Å². The summed E-state index contributed by atoms with van der Waals surface area (Å²) in [6, 6.07) is 3.24. The molecule has 18 heavy (non-hydrogen) atoms. The first-order chi connectivity index (χ1) is 8.45. The Morgan fingerprint density at radius 2 is 1.89 bits per heavy atom. The second-order valence-corrected chi connectivity index (χ2v) is 4.64. The highest BCUT2D eigenvalue weighted by atomic mass is 16.4. The van der Waals surface area contributed by atoms with Crippen LogP contribution in [-0.2, 0) is 11.3 Å². The van der Waals surface area contributed by atoms with Crippen molar-refractivity contribution < 1.29 is 15.0 Å². The van der Waals surface area contributed by atoms with E-state index in [2.05, 4.69) is 5.32 Å². The summed E-state index contributed by atoms with van der Waals surface area (Å²) in [6.45, 7) is 6.14. The molecule has 1 aromatic rings. The molecule has 1 unspecified atom stereocenters. The van der Waals surface area contributed by atoms with E-state index in [1.54, 1.807) is 0 Å². The lowest BCUT2D eigenvalue weighted by Gasteiger charge is -2.14. The maximum Gasteiger partial charge on any atom is 0.320 e. The molecule has 3 N–H and O–H groups in total. The van der Waals surface area contributed by atoms with E-state index in [0.717, 1.165) is 23.1 Å². The molecule has 4 heteroatoms. The van der Waals surface area contributed by atoms with Crippen LogP contribution in [0.5, 0.6) is 5.75 Å². The summed E-state index contributed by atoms with van der Waals surface area (Å²) >= 11 is 0. The first-order valence-corrected chi connectivity index (χ1v) is 6.21. The zero-order valence-corrected chi connectivity index (χ0v) is 11.2. The molecule has 0 spiro atoms. The number of aromatic hydroxyl groups is 1. The molecule has 1 atom stereocenters. The van der Waals surface area contributed by atoms with E-state index in [1.807, 2.05) is 32.9 Å². The van der Waals surface area contributed by atoms with Gasteiger partial charge in [0, 0.05) is 6.54 Å². The summed E-state index contributed by atoms with van der Waals surface area (Å²) in [4.78, 5) is 11.0. The molecule has 0 radical (unpaired) electrons. The molecule has 0 aliphatic carbocycles. The molecular weight excluding hydrogens is 230 g/mol. The lowest BCUT2D eigenvalue weighted by molar-refractivity contribution is -0.139. The Kier molecular flexibility index (Phi) is 5.16. The molecule has 1 rings (SSSR count). The Morgan fingerprint density at radius 3 is 2.33 bits per heavy atom. The Morgan fingerprint density at radius 1 is 1.33 bits per heavy atom. The number of benzene rings is 1. The molecular formula is C14H21NO3. The minimum Gasteiger partial charge on any atom is -0.507 e. The number of hydrogen-bond donors (Lipinski definition) is 3. The quantitative estimate of drug-likeness (QED) is 0.726. The lowest BCUT2D eigenvalue weighted by Crippen LogP contribution is -2.36. The fourth-order valence-corrected chi connectivity index (χ4v) is 1.99. The van der Waals surface area contributed by atoms with E-state index >= 15 is 0 Å². The smallest absolute Gasteiger partial charge is 0.320 e. The van der Waals surface area contributed by atoms with Crippen molar-refractivity contribution in [1.82, 2.24) is 5.32 Å². The van der Waals surface area contributed by atoms with Crippen LogP contribution in [0.25, 0.3) is 0 Å². The maximum absolute atomic E-state index is 11.0. The molecule has 0 fully saturated rings. The van der Waals surface area contributed by atoms with Crippen LogP contribution in [0.4, 0.5) is 0 Å². The van der Waals surface area contributed by atoms with Crippen LogP contribution in [-0.4, -0.2) is 22.2 Å². The fourth-order valence-electron chi connectivity index (χ4n) is 1.99. The van der Waals surface area contributed by atoms with Gasteiger partial charge in [-0.05, 0) is 37.0 Å². The minimum atomic E-state index is -0.816. The van der Waals surface area contributed by atoms with Gasteiger partial charge in [0.05, 0.1) is 0 Å². The molecule has 0 saturated heterocycles. The van der Waals surface area contributed by atoms with Crippen LogP contribution in [0.15, 0.2) is 12.1 Å². The zero-order chi connectivity index (χ0) is 13.7. The van der Waals surface area contributed by atoms with Crippen molar-refractivity contribution in [2.45, 2.75) is 46.2 Å². The van der Waals surface area contributed by atoms with Crippen molar-refractivity contribution in [2.75, 3.05) is 0 Å². The number of nitrogens with one attached hydrogen (secondary N) is 1. The molecule has 0 aliphatic rings. The number of aryl methyl sites for hydroxylation is 2. The van der Waals surface area contributed by atoms with Crippen molar-refractivity contribution in [1.29, 1.82) is 0 Å². The predicted octanol–water partition coefficient (Wildman–Crippen LogP) is 2.35. The van der Waals surface area contributed by atoms with Gasteiger partial charge >= 0.3 is 5.97 Å². The van der Waals surface area contributed by atoms with Crippen LogP contribution in [0.1, 0.15) is 36.5 Å². The molecule has 4 nitrogen and oxygen atoms in total. The number of phenols is 1. The Balaban J connectivity index is 2.70. The van der Waals surface area contributed by atoms with Gasteiger partial charge in [0.2, 0.25) is 0 Å². The van der Waals surface area contributed by atoms with Gasteiger partial charge in [-0.25, -0.2) is 0 Å². The first-order valence-electron chi connectivity index (χ1n) is 6.21. The van der Waals surface area contributed by atoms with Gasteiger partial charge in [0.25, 0.3) is 0 Å². The van der Waals surface area contributed by atoms with Crippen LogP contribution < -0.4 is 5.32 Å². The second-order valence-electron chi connectivity index (χ2n) is 4.64. The lowest BCUT2D eigenvalue weighted by atomic mass is 10.1. The average Bonchev–Trinajstić information content (AvgIpc) is 2.30. The van der Waals surface area contributed by atoms with Gasteiger partial charge in [-0.1, -0.05) is 25.5 Å². The minimum absolute atomic E-state index is 0.307. The normalized spacial score (nSPS) is 12.4. The van der Waals surface area contributed by atoms with Gasteiger partial charge in [0.15, 0.2) is 0 Å². The van der Waals surface area contributed by atoms with Gasteiger partial charge in [-0.3, -0.25) is 4.79 Å². The molecule has 0 bridgehead atoms.